The Bertz CT molecular complexity index is 437. The normalized spacial score (nSPS) is 20.3. The van der Waals surface area contributed by atoms with E-state index in [0.717, 1.165) is 25.8 Å². The number of amides is 1. The minimum Gasteiger partial charge on any atom is -0.505 e. The maximum atomic E-state index is 13.1. The second-order valence-corrected chi connectivity index (χ2v) is 4.51. The van der Waals surface area contributed by atoms with Gasteiger partial charge in [-0.2, -0.15) is 0 Å². The van der Waals surface area contributed by atoms with E-state index < -0.39 is 5.82 Å². The number of carbonyl (C=O) groups is 1. The van der Waals surface area contributed by atoms with Gasteiger partial charge in [-0.25, -0.2) is 4.39 Å². The van der Waals surface area contributed by atoms with Crippen molar-refractivity contribution in [3.8, 4) is 5.75 Å². The van der Waals surface area contributed by atoms with Gasteiger partial charge in [-0.3, -0.25) is 4.79 Å². The molecule has 1 aromatic carbocycles. The molecule has 0 spiro atoms. The van der Waals surface area contributed by atoms with Crippen molar-refractivity contribution < 1.29 is 14.3 Å². The summed E-state index contributed by atoms with van der Waals surface area (Å²) in [5.74, 6) is -0.989. The summed E-state index contributed by atoms with van der Waals surface area (Å²) < 4.78 is 13.1. The van der Waals surface area contributed by atoms with Gasteiger partial charge in [0.1, 0.15) is 0 Å². The van der Waals surface area contributed by atoms with Crippen LogP contribution in [0.2, 0.25) is 0 Å². The number of phenolic OH excluding ortho intramolecular Hbond substituents is 1. The quantitative estimate of drug-likeness (QED) is 0.759. The van der Waals surface area contributed by atoms with Crippen molar-refractivity contribution in [3.63, 3.8) is 0 Å². The first kappa shape index (κ1) is 12.8. The van der Waals surface area contributed by atoms with Crippen LogP contribution in [0.3, 0.4) is 0 Å². The van der Waals surface area contributed by atoms with Crippen LogP contribution in [0.1, 0.15) is 24.8 Å². The Balaban J connectivity index is 1.93. The molecule has 1 atom stereocenters. The molecule has 0 aromatic heterocycles. The second-order valence-electron chi connectivity index (χ2n) is 4.51. The highest BCUT2D eigenvalue weighted by Gasteiger charge is 2.19. The van der Waals surface area contributed by atoms with Crippen LogP contribution >= 0.6 is 0 Å². The average molecular weight is 252 g/mol. The van der Waals surface area contributed by atoms with Gasteiger partial charge in [0.05, 0.1) is 6.04 Å². The highest BCUT2D eigenvalue weighted by molar-refractivity contribution is 5.81. The van der Waals surface area contributed by atoms with E-state index in [9.17, 15) is 9.18 Å². The van der Waals surface area contributed by atoms with Gasteiger partial charge in [0, 0.05) is 13.1 Å². The molecule has 1 aliphatic heterocycles. The van der Waals surface area contributed by atoms with Gasteiger partial charge in [0.15, 0.2) is 11.6 Å². The van der Waals surface area contributed by atoms with E-state index in [4.69, 9.17) is 5.11 Å². The lowest BCUT2D eigenvalue weighted by Gasteiger charge is -2.15. The van der Waals surface area contributed by atoms with Crippen molar-refractivity contribution in [2.24, 2.45) is 0 Å². The largest absolute Gasteiger partial charge is 0.505 e. The molecule has 4 nitrogen and oxygen atoms in total. The van der Waals surface area contributed by atoms with Gasteiger partial charge in [0.2, 0.25) is 5.91 Å². The lowest BCUT2D eigenvalue weighted by Crippen LogP contribution is -2.42. The van der Waals surface area contributed by atoms with Crippen LogP contribution in [0.25, 0.3) is 0 Å². The number of benzene rings is 1. The first-order chi connectivity index (χ1) is 8.66. The third-order valence-corrected chi connectivity index (χ3v) is 3.10. The van der Waals surface area contributed by atoms with Crippen molar-refractivity contribution in [2.45, 2.75) is 31.8 Å². The molecule has 1 amide bonds. The molecule has 2 rings (SSSR count). The van der Waals surface area contributed by atoms with E-state index in [1.165, 1.54) is 12.1 Å². The van der Waals surface area contributed by atoms with Gasteiger partial charge < -0.3 is 15.7 Å². The maximum Gasteiger partial charge on any atom is 0.237 e. The van der Waals surface area contributed by atoms with Crippen molar-refractivity contribution in [2.75, 3.05) is 6.54 Å². The third-order valence-electron chi connectivity index (χ3n) is 3.10. The van der Waals surface area contributed by atoms with Crippen LogP contribution in [0, 0.1) is 5.82 Å². The SMILES string of the molecule is O=C1NCCCCC1NCc1ccc(O)c(F)c1. The number of carbonyl (C=O) groups excluding carboxylic acids is 1. The molecule has 3 N–H and O–H groups in total. The summed E-state index contributed by atoms with van der Waals surface area (Å²) in [6, 6.07) is 4.01. The molecule has 0 aliphatic carbocycles. The Kier molecular flexibility index (Phi) is 4.15. The molecular weight excluding hydrogens is 235 g/mol. The fourth-order valence-corrected chi connectivity index (χ4v) is 2.04. The Morgan fingerprint density at radius 1 is 1.44 bits per heavy atom. The van der Waals surface area contributed by atoms with Crippen LogP contribution in [0.15, 0.2) is 18.2 Å². The van der Waals surface area contributed by atoms with E-state index in [1.807, 2.05) is 0 Å². The predicted molar refractivity (Wildman–Crippen MR) is 65.6 cm³/mol. The van der Waals surface area contributed by atoms with Crippen LogP contribution in [-0.2, 0) is 11.3 Å². The summed E-state index contributed by atoms with van der Waals surface area (Å²) in [6.45, 7) is 1.14. The fourth-order valence-electron chi connectivity index (χ4n) is 2.04. The standard InChI is InChI=1S/C13H17FN2O2/c14-10-7-9(4-5-12(10)17)8-16-11-3-1-2-6-15-13(11)18/h4-5,7,11,16-17H,1-3,6,8H2,(H,15,18). The highest BCUT2D eigenvalue weighted by Crippen LogP contribution is 2.16. The number of nitrogens with one attached hydrogen (secondary N) is 2. The number of hydrogen-bond donors (Lipinski definition) is 3. The van der Waals surface area contributed by atoms with Crippen molar-refractivity contribution in [1.82, 2.24) is 10.6 Å². The molecule has 98 valence electrons. The molecule has 1 aromatic rings. The Hall–Kier alpha value is -1.62. The van der Waals surface area contributed by atoms with Gasteiger partial charge in [-0.05, 0) is 37.0 Å². The van der Waals surface area contributed by atoms with Gasteiger partial charge in [-0.15, -0.1) is 0 Å². The molecule has 1 unspecified atom stereocenters. The molecule has 1 heterocycles. The molecule has 1 aliphatic rings. The molecule has 0 radical (unpaired) electrons. The van der Waals surface area contributed by atoms with Gasteiger partial charge in [-0.1, -0.05) is 6.07 Å². The highest BCUT2D eigenvalue weighted by atomic mass is 19.1. The molecule has 18 heavy (non-hydrogen) atoms. The zero-order valence-corrected chi connectivity index (χ0v) is 10.1. The lowest BCUT2D eigenvalue weighted by atomic mass is 10.1. The van der Waals surface area contributed by atoms with E-state index in [1.54, 1.807) is 6.07 Å². The summed E-state index contributed by atoms with van der Waals surface area (Å²) >= 11 is 0. The van der Waals surface area contributed by atoms with Crippen molar-refractivity contribution in [1.29, 1.82) is 0 Å². The topological polar surface area (TPSA) is 61.4 Å². The molecule has 5 heteroatoms. The average Bonchev–Trinajstić information content (AvgIpc) is 2.56. The first-order valence-corrected chi connectivity index (χ1v) is 6.15. The van der Waals surface area contributed by atoms with E-state index in [2.05, 4.69) is 10.6 Å². The van der Waals surface area contributed by atoms with E-state index >= 15 is 0 Å². The lowest BCUT2D eigenvalue weighted by molar-refractivity contribution is -0.122. The summed E-state index contributed by atoms with van der Waals surface area (Å²) in [5, 5.41) is 15.0. The Morgan fingerprint density at radius 2 is 2.28 bits per heavy atom. The number of rotatable bonds is 3. The predicted octanol–water partition coefficient (Wildman–Crippen LogP) is 1.29. The minimum absolute atomic E-state index is 0.00625. The first-order valence-electron chi connectivity index (χ1n) is 6.15. The van der Waals surface area contributed by atoms with Crippen LogP contribution in [0.4, 0.5) is 4.39 Å². The summed E-state index contributed by atoms with van der Waals surface area (Å²) in [7, 11) is 0. The molecule has 1 saturated heterocycles. The number of hydrogen-bond acceptors (Lipinski definition) is 3. The zero-order valence-electron chi connectivity index (χ0n) is 10.1. The van der Waals surface area contributed by atoms with Crippen LogP contribution in [-0.4, -0.2) is 23.6 Å². The van der Waals surface area contributed by atoms with Crippen LogP contribution < -0.4 is 10.6 Å². The molecular formula is C13H17FN2O2. The third kappa shape index (κ3) is 3.20. The second kappa shape index (κ2) is 5.82. The zero-order chi connectivity index (χ0) is 13.0. The van der Waals surface area contributed by atoms with Crippen molar-refractivity contribution >= 4 is 5.91 Å². The fraction of sp³-hybridized carbons (Fsp3) is 0.462. The number of halogens is 1. The molecule has 0 bridgehead atoms. The van der Waals surface area contributed by atoms with E-state index in [0.29, 0.717) is 12.1 Å². The molecule has 0 saturated carbocycles. The smallest absolute Gasteiger partial charge is 0.237 e. The van der Waals surface area contributed by atoms with E-state index in [-0.39, 0.29) is 17.7 Å². The maximum absolute atomic E-state index is 13.1. The summed E-state index contributed by atoms with van der Waals surface area (Å²) in [6.07, 6.45) is 2.80. The van der Waals surface area contributed by atoms with Gasteiger partial charge in [0.25, 0.3) is 0 Å². The Morgan fingerprint density at radius 3 is 3.06 bits per heavy atom. The monoisotopic (exact) mass is 252 g/mol. The summed E-state index contributed by atoms with van der Waals surface area (Å²) in [5.41, 5.74) is 0.711. The van der Waals surface area contributed by atoms with Crippen LogP contribution in [0.5, 0.6) is 5.75 Å². The summed E-state index contributed by atoms with van der Waals surface area (Å²) in [4.78, 5) is 11.7. The molecule has 1 fully saturated rings. The van der Waals surface area contributed by atoms with Crippen molar-refractivity contribution in [3.05, 3.63) is 29.6 Å². The number of aromatic hydroxyl groups is 1. The minimum atomic E-state index is -0.639. The van der Waals surface area contributed by atoms with Gasteiger partial charge >= 0.3 is 0 Å². The number of phenols is 1. The Labute approximate surface area is 105 Å².